The average Bonchev–Trinajstić information content (AvgIpc) is 2.28. The van der Waals surface area contributed by atoms with Crippen molar-refractivity contribution < 1.29 is 9.50 Å². The second kappa shape index (κ2) is 4.84. The van der Waals surface area contributed by atoms with Crippen molar-refractivity contribution in [2.75, 3.05) is 0 Å². The van der Waals surface area contributed by atoms with Crippen LogP contribution in [-0.2, 0) is 5.60 Å². The molecule has 0 radical (unpaired) electrons. The predicted molar refractivity (Wildman–Crippen MR) is 69.3 cm³/mol. The van der Waals surface area contributed by atoms with Crippen molar-refractivity contribution in [2.45, 2.75) is 12.5 Å². The lowest BCUT2D eigenvalue weighted by atomic mass is 9.89. The fourth-order valence-electron chi connectivity index (χ4n) is 1.72. The van der Waals surface area contributed by atoms with Crippen LogP contribution in [0.2, 0.25) is 10.0 Å². The number of nitrogens with zero attached hydrogens (tertiary/aromatic N) is 1. The van der Waals surface area contributed by atoms with Gasteiger partial charge in [0.25, 0.3) is 0 Å². The lowest BCUT2D eigenvalue weighted by Gasteiger charge is -2.25. The summed E-state index contributed by atoms with van der Waals surface area (Å²) in [5.74, 6) is -0.516. The minimum atomic E-state index is -1.43. The third-order valence-corrected chi connectivity index (χ3v) is 3.27. The van der Waals surface area contributed by atoms with Crippen LogP contribution in [0.15, 0.2) is 36.7 Å². The van der Waals surface area contributed by atoms with Crippen LogP contribution >= 0.6 is 23.2 Å². The molecule has 1 atom stereocenters. The minimum absolute atomic E-state index is 0.316. The van der Waals surface area contributed by atoms with Crippen LogP contribution in [0.4, 0.5) is 4.39 Å². The van der Waals surface area contributed by atoms with Crippen LogP contribution in [-0.4, -0.2) is 10.1 Å². The zero-order valence-corrected chi connectivity index (χ0v) is 11.0. The normalized spacial score (nSPS) is 14.3. The van der Waals surface area contributed by atoms with Crippen LogP contribution in [0.3, 0.4) is 0 Å². The fraction of sp³-hybridized carbons (Fsp3) is 0.154. The third kappa shape index (κ3) is 2.48. The van der Waals surface area contributed by atoms with Crippen molar-refractivity contribution in [3.05, 3.63) is 63.6 Å². The molecule has 2 aromatic rings. The van der Waals surface area contributed by atoms with E-state index in [4.69, 9.17) is 23.2 Å². The summed E-state index contributed by atoms with van der Waals surface area (Å²) in [6.45, 7) is 1.53. The molecule has 0 saturated heterocycles. The first kappa shape index (κ1) is 13.3. The van der Waals surface area contributed by atoms with Crippen molar-refractivity contribution in [1.82, 2.24) is 4.98 Å². The van der Waals surface area contributed by atoms with Gasteiger partial charge in [0.2, 0.25) is 0 Å². The molecule has 0 aliphatic heterocycles. The highest BCUT2D eigenvalue weighted by Gasteiger charge is 2.28. The summed E-state index contributed by atoms with van der Waals surface area (Å²) < 4.78 is 13.2. The van der Waals surface area contributed by atoms with E-state index in [9.17, 15) is 9.50 Å². The van der Waals surface area contributed by atoms with Gasteiger partial charge in [-0.2, -0.15) is 0 Å². The summed E-state index contributed by atoms with van der Waals surface area (Å²) in [6, 6.07) is 5.97. The van der Waals surface area contributed by atoms with Crippen molar-refractivity contribution >= 4 is 23.2 Å². The first-order valence-corrected chi connectivity index (χ1v) is 5.96. The second-order valence-electron chi connectivity index (χ2n) is 4.09. The van der Waals surface area contributed by atoms with Gasteiger partial charge in [0.1, 0.15) is 11.4 Å². The van der Waals surface area contributed by atoms with Gasteiger partial charge in [0.05, 0.1) is 6.20 Å². The Labute approximate surface area is 114 Å². The molecule has 5 heteroatoms. The molecule has 18 heavy (non-hydrogen) atoms. The van der Waals surface area contributed by atoms with E-state index in [0.717, 1.165) is 6.20 Å². The van der Waals surface area contributed by atoms with Crippen molar-refractivity contribution in [3.8, 4) is 0 Å². The standard InChI is InChI=1S/C13H10Cl2FNO/c1-13(18,8-4-10(16)7-17-6-8)11-3-2-9(14)5-12(11)15/h2-7,18H,1H3. The first-order chi connectivity index (χ1) is 8.41. The predicted octanol–water partition coefficient (Wildman–Crippen LogP) is 3.78. The maximum Gasteiger partial charge on any atom is 0.141 e. The summed E-state index contributed by atoms with van der Waals surface area (Å²) in [4.78, 5) is 3.72. The number of hydrogen-bond acceptors (Lipinski definition) is 2. The molecule has 0 aliphatic rings. The number of aromatic nitrogens is 1. The highest BCUT2D eigenvalue weighted by atomic mass is 35.5. The van der Waals surface area contributed by atoms with Gasteiger partial charge >= 0.3 is 0 Å². The molecule has 1 aromatic carbocycles. The fourth-order valence-corrected chi connectivity index (χ4v) is 2.31. The number of halogens is 3. The maximum atomic E-state index is 13.2. The topological polar surface area (TPSA) is 33.1 Å². The van der Waals surface area contributed by atoms with E-state index in [1.807, 2.05) is 0 Å². The largest absolute Gasteiger partial charge is 0.381 e. The zero-order valence-electron chi connectivity index (χ0n) is 9.49. The van der Waals surface area contributed by atoms with Gasteiger partial charge in [-0.1, -0.05) is 29.3 Å². The molecule has 0 bridgehead atoms. The van der Waals surface area contributed by atoms with Gasteiger partial charge in [-0.15, -0.1) is 0 Å². The molecule has 1 N–H and O–H groups in total. The highest BCUT2D eigenvalue weighted by Crippen LogP contribution is 2.35. The number of rotatable bonds is 2. The lowest BCUT2D eigenvalue weighted by molar-refractivity contribution is 0.102. The number of benzene rings is 1. The monoisotopic (exact) mass is 285 g/mol. The Bertz CT molecular complexity index is 587. The van der Waals surface area contributed by atoms with Crippen molar-refractivity contribution in [3.63, 3.8) is 0 Å². The molecule has 94 valence electrons. The number of aliphatic hydroxyl groups is 1. The molecule has 1 heterocycles. The highest BCUT2D eigenvalue weighted by molar-refractivity contribution is 6.35. The van der Waals surface area contributed by atoms with Crippen LogP contribution < -0.4 is 0 Å². The Kier molecular flexibility index (Phi) is 3.57. The van der Waals surface area contributed by atoms with E-state index in [0.29, 0.717) is 21.2 Å². The molecule has 0 amide bonds. The third-order valence-electron chi connectivity index (χ3n) is 2.72. The van der Waals surface area contributed by atoms with Crippen LogP contribution in [0.5, 0.6) is 0 Å². The Balaban J connectivity index is 2.53. The zero-order chi connectivity index (χ0) is 13.3. The van der Waals surface area contributed by atoms with Crippen LogP contribution in [0.25, 0.3) is 0 Å². The molecule has 0 spiro atoms. The van der Waals surface area contributed by atoms with Crippen LogP contribution in [0.1, 0.15) is 18.1 Å². The molecule has 0 fully saturated rings. The molecule has 1 aromatic heterocycles. The van der Waals surface area contributed by atoms with Gasteiger partial charge in [0.15, 0.2) is 0 Å². The second-order valence-corrected chi connectivity index (χ2v) is 4.93. The Morgan fingerprint density at radius 2 is 1.94 bits per heavy atom. The van der Waals surface area contributed by atoms with E-state index >= 15 is 0 Å². The van der Waals surface area contributed by atoms with Crippen LogP contribution in [0, 0.1) is 5.82 Å². The summed E-state index contributed by atoms with van der Waals surface area (Å²) in [5.41, 5.74) is -0.663. The van der Waals surface area contributed by atoms with E-state index in [1.165, 1.54) is 25.3 Å². The maximum absolute atomic E-state index is 13.2. The summed E-state index contributed by atoms with van der Waals surface area (Å²) in [5, 5.41) is 11.3. The Morgan fingerprint density at radius 1 is 1.22 bits per heavy atom. The van der Waals surface area contributed by atoms with E-state index < -0.39 is 11.4 Å². The van der Waals surface area contributed by atoms with Gasteiger partial charge in [-0.3, -0.25) is 4.98 Å². The molecule has 0 aliphatic carbocycles. The van der Waals surface area contributed by atoms with Gasteiger partial charge < -0.3 is 5.11 Å². The quantitative estimate of drug-likeness (QED) is 0.911. The Morgan fingerprint density at radius 3 is 2.56 bits per heavy atom. The molecule has 1 unspecified atom stereocenters. The molecular formula is C13H10Cl2FNO. The molecule has 0 saturated carbocycles. The van der Waals surface area contributed by atoms with Crippen molar-refractivity contribution in [1.29, 1.82) is 0 Å². The molecule has 2 rings (SSSR count). The van der Waals surface area contributed by atoms with Gasteiger partial charge in [0, 0.05) is 27.4 Å². The lowest BCUT2D eigenvalue weighted by Crippen LogP contribution is -2.23. The number of pyridine rings is 1. The average molecular weight is 286 g/mol. The smallest absolute Gasteiger partial charge is 0.141 e. The van der Waals surface area contributed by atoms with E-state index in [-0.39, 0.29) is 0 Å². The van der Waals surface area contributed by atoms with Gasteiger partial charge in [-0.25, -0.2) is 4.39 Å². The van der Waals surface area contributed by atoms with Gasteiger partial charge in [-0.05, 0) is 25.1 Å². The number of hydrogen-bond donors (Lipinski definition) is 1. The van der Waals surface area contributed by atoms with Crippen molar-refractivity contribution in [2.24, 2.45) is 0 Å². The molecule has 2 nitrogen and oxygen atoms in total. The summed E-state index contributed by atoms with van der Waals surface area (Å²) in [7, 11) is 0. The summed E-state index contributed by atoms with van der Waals surface area (Å²) >= 11 is 11.8. The SMILES string of the molecule is CC(O)(c1cncc(F)c1)c1ccc(Cl)cc1Cl. The van der Waals surface area contributed by atoms with E-state index in [2.05, 4.69) is 4.98 Å². The Hall–Kier alpha value is -1.16. The summed E-state index contributed by atoms with van der Waals surface area (Å²) in [6.07, 6.45) is 2.47. The first-order valence-electron chi connectivity index (χ1n) is 5.20. The van der Waals surface area contributed by atoms with E-state index in [1.54, 1.807) is 12.1 Å². The minimum Gasteiger partial charge on any atom is -0.381 e. The molecular weight excluding hydrogens is 276 g/mol.